The molecule has 1 aromatic rings. The lowest BCUT2D eigenvalue weighted by molar-refractivity contribution is 0.249. The highest BCUT2D eigenvalue weighted by Gasteiger charge is 2.37. The van der Waals surface area contributed by atoms with E-state index in [2.05, 4.69) is 49.1 Å². The van der Waals surface area contributed by atoms with Crippen LogP contribution in [0.25, 0.3) is 0 Å². The van der Waals surface area contributed by atoms with E-state index in [-0.39, 0.29) is 0 Å². The van der Waals surface area contributed by atoms with Crippen LogP contribution >= 0.6 is 0 Å². The molecular formula is C17H23N. The number of likely N-dealkylation sites (tertiary alicyclic amines) is 1. The Morgan fingerprint density at radius 3 is 2.94 bits per heavy atom. The Kier molecular flexibility index (Phi) is 3.25. The second-order valence-corrected chi connectivity index (χ2v) is 5.98. The number of hydrogen-bond donors (Lipinski definition) is 0. The topological polar surface area (TPSA) is 3.24 Å². The molecule has 1 saturated heterocycles. The quantitative estimate of drug-likeness (QED) is 0.713. The molecule has 1 fully saturated rings. The Morgan fingerprint density at radius 1 is 1.28 bits per heavy atom. The van der Waals surface area contributed by atoms with Gasteiger partial charge in [-0.15, -0.1) is 0 Å². The zero-order chi connectivity index (χ0) is 12.5. The molecule has 2 aliphatic rings. The van der Waals surface area contributed by atoms with Crippen LogP contribution in [0.4, 0.5) is 0 Å². The molecule has 1 heterocycles. The van der Waals surface area contributed by atoms with Crippen LogP contribution in [0.15, 0.2) is 35.9 Å². The van der Waals surface area contributed by atoms with Gasteiger partial charge in [0.15, 0.2) is 0 Å². The van der Waals surface area contributed by atoms with Crippen molar-refractivity contribution in [1.29, 1.82) is 0 Å². The Labute approximate surface area is 111 Å². The summed E-state index contributed by atoms with van der Waals surface area (Å²) >= 11 is 0. The first-order valence-corrected chi connectivity index (χ1v) is 7.21. The van der Waals surface area contributed by atoms with Gasteiger partial charge < -0.3 is 0 Å². The minimum atomic E-state index is 0.787. The van der Waals surface area contributed by atoms with Crippen molar-refractivity contribution >= 4 is 0 Å². The summed E-state index contributed by atoms with van der Waals surface area (Å²) in [4.78, 5) is 2.69. The fourth-order valence-corrected chi connectivity index (χ4v) is 3.62. The second-order valence-electron chi connectivity index (χ2n) is 5.98. The number of rotatable bonds is 2. The molecule has 0 spiro atoms. The summed E-state index contributed by atoms with van der Waals surface area (Å²) in [6.07, 6.45) is 6.34. The fraction of sp³-hybridized carbons (Fsp3) is 0.529. The Bertz CT molecular complexity index is 456. The summed E-state index contributed by atoms with van der Waals surface area (Å²) in [7, 11) is 0. The molecule has 0 amide bonds. The van der Waals surface area contributed by atoms with E-state index in [0.29, 0.717) is 0 Å². The number of fused-ring (bicyclic) bond motifs is 3. The van der Waals surface area contributed by atoms with Gasteiger partial charge in [0, 0.05) is 18.5 Å². The number of benzene rings is 1. The van der Waals surface area contributed by atoms with Crippen LogP contribution in [0.1, 0.15) is 43.7 Å². The van der Waals surface area contributed by atoms with E-state index in [9.17, 15) is 0 Å². The number of hydrogen-bond acceptors (Lipinski definition) is 1. The van der Waals surface area contributed by atoms with Gasteiger partial charge in [-0.2, -0.15) is 0 Å². The average Bonchev–Trinajstić information content (AvgIpc) is 2.80. The lowest BCUT2D eigenvalue weighted by Gasteiger charge is -2.33. The highest BCUT2D eigenvalue weighted by molar-refractivity contribution is 5.35. The van der Waals surface area contributed by atoms with Crippen LogP contribution in [0, 0.1) is 0 Å². The van der Waals surface area contributed by atoms with Crippen LogP contribution < -0.4 is 0 Å². The molecule has 0 bridgehead atoms. The number of aryl methyl sites for hydroxylation is 1. The molecule has 1 aliphatic carbocycles. The van der Waals surface area contributed by atoms with E-state index in [1.165, 1.54) is 31.4 Å². The fourth-order valence-electron chi connectivity index (χ4n) is 3.62. The third-order valence-corrected chi connectivity index (χ3v) is 4.56. The van der Waals surface area contributed by atoms with Crippen molar-refractivity contribution in [2.24, 2.45) is 0 Å². The van der Waals surface area contributed by atoms with Crippen LogP contribution in [-0.2, 0) is 6.42 Å². The summed E-state index contributed by atoms with van der Waals surface area (Å²) < 4.78 is 0. The van der Waals surface area contributed by atoms with Crippen LogP contribution in [0.5, 0.6) is 0 Å². The van der Waals surface area contributed by atoms with Gasteiger partial charge in [-0.3, -0.25) is 4.90 Å². The standard InChI is InChI=1S/C17H23N/c1-13(2)9-11-18-12-10-16-15-6-4-3-5-14(15)7-8-17(16)18/h3-6,9,16-17H,7-8,10-12H2,1-2H3/t16-,17+/m0/s1. The van der Waals surface area contributed by atoms with E-state index in [0.717, 1.165) is 18.5 Å². The molecule has 96 valence electrons. The zero-order valence-corrected chi connectivity index (χ0v) is 11.5. The summed E-state index contributed by atoms with van der Waals surface area (Å²) in [5.74, 6) is 0.792. The molecule has 1 aliphatic heterocycles. The molecule has 0 saturated carbocycles. The number of nitrogens with zero attached hydrogens (tertiary/aromatic N) is 1. The van der Waals surface area contributed by atoms with Crippen LogP contribution in [0.3, 0.4) is 0 Å². The average molecular weight is 241 g/mol. The van der Waals surface area contributed by atoms with Crippen molar-refractivity contribution in [3.8, 4) is 0 Å². The molecule has 1 nitrogen and oxygen atoms in total. The van der Waals surface area contributed by atoms with Crippen LogP contribution in [-0.4, -0.2) is 24.0 Å². The van der Waals surface area contributed by atoms with E-state index < -0.39 is 0 Å². The van der Waals surface area contributed by atoms with Gasteiger partial charge in [-0.1, -0.05) is 35.9 Å². The molecule has 3 rings (SSSR count). The maximum Gasteiger partial charge on any atom is 0.0171 e. The first-order chi connectivity index (χ1) is 8.75. The van der Waals surface area contributed by atoms with Crippen molar-refractivity contribution in [1.82, 2.24) is 4.90 Å². The predicted molar refractivity (Wildman–Crippen MR) is 76.9 cm³/mol. The molecule has 0 radical (unpaired) electrons. The van der Waals surface area contributed by atoms with Crippen LogP contribution in [0.2, 0.25) is 0 Å². The monoisotopic (exact) mass is 241 g/mol. The van der Waals surface area contributed by atoms with Crippen molar-refractivity contribution in [2.75, 3.05) is 13.1 Å². The first-order valence-electron chi connectivity index (χ1n) is 7.21. The molecule has 18 heavy (non-hydrogen) atoms. The van der Waals surface area contributed by atoms with Gasteiger partial charge in [-0.25, -0.2) is 0 Å². The van der Waals surface area contributed by atoms with E-state index in [4.69, 9.17) is 0 Å². The highest BCUT2D eigenvalue weighted by atomic mass is 15.2. The molecule has 0 N–H and O–H groups in total. The minimum Gasteiger partial charge on any atom is -0.296 e. The van der Waals surface area contributed by atoms with Gasteiger partial charge >= 0.3 is 0 Å². The SMILES string of the molecule is CC(C)=CCN1CC[C@H]2c3ccccc3CC[C@H]21. The predicted octanol–water partition coefficient (Wildman–Crippen LogP) is 3.76. The zero-order valence-electron chi connectivity index (χ0n) is 11.5. The summed E-state index contributed by atoms with van der Waals surface area (Å²) in [6.45, 7) is 6.81. The second kappa shape index (κ2) is 4.89. The smallest absolute Gasteiger partial charge is 0.0171 e. The van der Waals surface area contributed by atoms with Crippen molar-refractivity contribution < 1.29 is 0 Å². The van der Waals surface area contributed by atoms with Crippen molar-refractivity contribution in [2.45, 2.75) is 45.1 Å². The largest absolute Gasteiger partial charge is 0.296 e. The molecule has 1 aromatic carbocycles. The maximum absolute atomic E-state index is 2.69. The Hall–Kier alpha value is -1.08. The summed E-state index contributed by atoms with van der Waals surface area (Å²) in [5, 5.41) is 0. The summed E-state index contributed by atoms with van der Waals surface area (Å²) in [5.41, 5.74) is 4.67. The van der Waals surface area contributed by atoms with Gasteiger partial charge in [0.1, 0.15) is 0 Å². The van der Waals surface area contributed by atoms with Gasteiger partial charge in [0.2, 0.25) is 0 Å². The lowest BCUT2D eigenvalue weighted by Crippen LogP contribution is -2.35. The molecular weight excluding hydrogens is 218 g/mol. The summed E-state index contributed by atoms with van der Waals surface area (Å²) in [6, 6.07) is 9.87. The minimum absolute atomic E-state index is 0.787. The molecule has 0 aromatic heterocycles. The van der Waals surface area contributed by atoms with Crippen molar-refractivity contribution in [3.05, 3.63) is 47.0 Å². The first kappa shape index (κ1) is 12.0. The third-order valence-electron chi connectivity index (χ3n) is 4.56. The lowest BCUT2D eigenvalue weighted by atomic mass is 9.79. The Balaban J connectivity index is 1.80. The van der Waals surface area contributed by atoms with E-state index in [1.54, 1.807) is 11.1 Å². The van der Waals surface area contributed by atoms with E-state index in [1.807, 2.05) is 0 Å². The van der Waals surface area contributed by atoms with Gasteiger partial charge in [-0.05, 0) is 50.8 Å². The Morgan fingerprint density at radius 2 is 2.11 bits per heavy atom. The molecule has 0 unspecified atom stereocenters. The third kappa shape index (κ3) is 2.12. The normalized spacial score (nSPS) is 26.6. The molecule has 2 atom stereocenters. The van der Waals surface area contributed by atoms with Gasteiger partial charge in [0.05, 0.1) is 0 Å². The number of allylic oxidation sites excluding steroid dienone is 1. The highest BCUT2D eigenvalue weighted by Crippen LogP contribution is 2.41. The maximum atomic E-state index is 2.69. The van der Waals surface area contributed by atoms with E-state index >= 15 is 0 Å². The van der Waals surface area contributed by atoms with Crippen molar-refractivity contribution in [3.63, 3.8) is 0 Å². The van der Waals surface area contributed by atoms with Gasteiger partial charge in [0.25, 0.3) is 0 Å². The molecule has 1 heteroatoms.